The maximum Gasteiger partial charge on any atom is 0.275 e. The van der Waals surface area contributed by atoms with E-state index < -0.39 is 28.7 Å². The Bertz CT molecular complexity index is 1300. The number of rotatable bonds is 7. The smallest absolute Gasteiger partial charge is 0.275 e. The van der Waals surface area contributed by atoms with Gasteiger partial charge in [-0.25, -0.2) is 28.7 Å². The number of benzene rings is 1. The number of amides is 1. The molecule has 0 bridgehead atoms. The summed E-state index contributed by atoms with van der Waals surface area (Å²) in [6, 6.07) is 3.81. The molecule has 0 saturated heterocycles. The molecule has 35 heavy (non-hydrogen) atoms. The van der Waals surface area contributed by atoms with Crippen LogP contribution in [0.25, 0.3) is 0 Å². The van der Waals surface area contributed by atoms with E-state index in [9.17, 15) is 9.18 Å². The number of hydrogen-bond donors (Lipinski definition) is 2. The van der Waals surface area contributed by atoms with E-state index in [1.165, 1.54) is 48.9 Å². The molecule has 9 nitrogen and oxygen atoms in total. The van der Waals surface area contributed by atoms with Crippen LogP contribution in [0.4, 0.5) is 14.5 Å². The van der Waals surface area contributed by atoms with Crippen molar-refractivity contribution in [2.24, 2.45) is 10.7 Å². The highest BCUT2D eigenvalue weighted by Crippen LogP contribution is 2.51. The van der Waals surface area contributed by atoms with Crippen LogP contribution in [0, 0.1) is 18.2 Å². The minimum Gasteiger partial charge on any atom is -0.463 e. The molecule has 3 heterocycles. The van der Waals surface area contributed by atoms with Crippen molar-refractivity contribution in [1.29, 1.82) is 0 Å². The van der Waals surface area contributed by atoms with Gasteiger partial charge in [-0.05, 0) is 25.1 Å². The van der Waals surface area contributed by atoms with Crippen LogP contribution in [0.15, 0.2) is 52.6 Å². The third kappa shape index (κ3) is 4.95. The van der Waals surface area contributed by atoms with Crippen molar-refractivity contribution in [2.75, 3.05) is 18.6 Å². The molecule has 1 aliphatic heterocycles. The summed E-state index contributed by atoms with van der Waals surface area (Å²) < 4.78 is 39.4. The molecule has 0 spiro atoms. The first-order valence-corrected chi connectivity index (χ1v) is 11.1. The van der Waals surface area contributed by atoms with Crippen molar-refractivity contribution < 1.29 is 22.7 Å². The predicted molar refractivity (Wildman–Crippen MR) is 126 cm³/mol. The van der Waals surface area contributed by atoms with Gasteiger partial charge in [0, 0.05) is 17.7 Å². The number of nitrogens with two attached hydrogens (primary N) is 1. The van der Waals surface area contributed by atoms with Gasteiger partial charge in [0.05, 0.1) is 23.3 Å². The first kappa shape index (κ1) is 24.2. The normalized spacial score (nSPS) is 21.6. The first-order valence-electron chi connectivity index (χ1n) is 10.3. The zero-order chi connectivity index (χ0) is 25.1. The monoisotopic (exact) mass is 498 g/mol. The maximum atomic E-state index is 15.0. The molecule has 2 aromatic heterocycles. The molecule has 0 aliphatic carbocycles. The SMILES string of the molecule is C#CCOc1cnc(C(=O)Nc2ccc(F)c([C@]3(CF)C[C@](C)(c4cnco4)SC(N)=N3)c2)cn1. The minimum absolute atomic E-state index is 0.00980. The van der Waals surface area contributed by atoms with Crippen molar-refractivity contribution in [3.05, 3.63) is 66.0 Å². The fourth-order valence-electron chi connectivity index (χ4n) is 3.80. The fraction of sp³-hybridized carbons (Fsp3) is 0.261. The average molecular weight is 499 g/mol. The molecule has 4 rings (SSSR count). The number of amidine groups is 1. The second kappa shape index (κ2) is 9.71. The molecule has 0 unspecified atom stereocenters. The van der Waals surface area contributed by atoms with Gasteiger partial charge < -0.3 is 20.2 Å². The predicted octanol–water partition coefficient (Wildman–Crippen LogP) is 3.40. The van der Waals surface area contributed by atoms with Crippen LogP contribution in [0.1, 0.15) is 35.2 Å². The summed E-state index contributed by atoms with van der Waals surface area (Å²) in [5, 5.41) is 2.68. The number of carbonyl (C=O) groups excluding carboxylic acids is 1. The molecule has 0 radical (unpaired) electrons. The third-order valence-electron chi connectivity index (χ3n) is 5.35. The highest BCUT2D eigenvalue weighted by molar-refractivity contribution is 8.14. The van der Waals surface area contributed by atoms with E-state index in [0.717, 1.165) is 6.07 Å². The number of thioether (sulfide) groups is 1. The number of terminal acetylenes is 1. The Labute approximate surface area is 203 Å². The summed E-state index contributed by atoms with van der Waals surface area (Å²) in [5.74, 6) is 1.60. The van der Waals surface area contributed by atoms with Gasteiger partial charge in [-0.1, -0.05) is 17.7 Å². The van der Waals surface area contributed by atoms with E-state index in [-0.39, 0.29) is 41.0 Å². The molecule has 180 valence electrons. The molecular formula is C23H20F2N6O3S. The Balaban J connectivity index is 1.62. The molecule has 12 heteroatoms. The lowest BCUT2D eigenvalue weighted by molar-refractivity contribution is 0.102. The lowest BCUT2D eigenvalue weighted by atomic mass is 9.81. The molecular weight excluding hydrogens is 478 g/mol. The zero-order valence-corrected chi connectivity index (χ0v) is 19.3. The lowest BCUT2D eigenvalue weighted by Crippen LogP contribution is -2.42. The van der Waals surface area contributed by atoms with Crippen LogP contribution < -0.4 is 15.8 Å². The van der Waals surface area contributed by atoms with E-state index in [4.69, 9.17) is 21.3 Å². The number of aliphatic imine (C=N–C) groups is 1. The van der Waals surface area contributed by atoms with Crippen LogP contribution in [-0.4, -0.2) is 39.3 Å². The number of ether oxygens (including phenoxy) is 1. The van der Waals surface area contributed by atoms with E-state index in [1.54, 1.807) is 6.92 Å². The Kier molecular flexibility index (Phi) is 6.70. The van der Waals surface area contributed by atoms with Gasteiger partial charge in [0.2, 0.25) is 5.88 Å². The summed E-state index contributed by atoms with van der Waals surface area (Å²) in [6.45, 7) is 0.774. The Morgan fingerprint density at radius 1 is 1.37 bits per heavy atom. The average Bonchev–Trinajstić information content (AvgIpc) is 3.40. The van der Waals surface area contributed by atoms with Crippen molar-refractivity contribution >= 4 is 28.5 Å². The molecule has 0 saturated carbocycles. The molecule has 3 aromatic rings. The molecule has 3 N–H and O–H groups in total. The van der Waals surface area contributed by atoms with E-state index in [2.05, 4.69) is 31.2 Å². The summed E-state index contributed by atoms with van der Waals surface area (Å²) in [5.41, 5.74) is 4.54. The molecule has 0 fully saturated rings. The number of nitrogens with one attached hydrogen (secondary N) is 1. The van der Waals surface area contributed by atoms with Crippen LogP contribution in [-0.2, 0) is 10.3 Å². The quantitative estimate of drug-likeness (QED) is 0.475. The van der Waals surface area contributed by atoms with Crippen LogP contribution >= 0.6 is 11.8 Å². The van der Waals surface area contributed by atoms with Crippen molar-refractivity contribution in [1.82, 2.24) is 15.0 Å². The maximum absolute atomic E-state index is 15.0. The number of nitrogens with zero attached hydrogens (tertiary/aromatic N) is 4. The van der Waals surface area contributed by atoms with Crippen molar-refractivity contribution in [3.63, 3.8) is 0 Å². The van der Waals surface area contributed by atoms with Gasteiger partial charge >= 0.3 is 0 Å². The van der Waals surface area contributed by atoms with Crippen LogP contribution in [0.3, 0.4) is 0 Å². The summed E-state index contributed by atoms with van der Waals surface area (Å²) >= 11 is 1.18. The standard InChI is InChI=1S/C23H20F2N6O3S/c1-3-6-33-19-10-28-17(8-29-19)20(32)30-14-4-5-16(25)15(7-14)23(12-24)11-22(2,35-21(26)31-23)18-9-27-13-34-18/h1,4-5,7-10,13H,6,11-12H2,2H3,(H2,26,31)(H,30,32)/t22-,23-/m1/s1. The Morgan fingerprint density at radius 2 is 2.20 bits per heavy atom. The highest BCUT2D eigenvalue weighted by atomic mass is 32.2. The Hall–Kier alpha value is -3.98. The van der Waals surface area contributed by atoms with Gasteiger partial charge in [0.1, 0.15) is 29.5 Å². The van der Waals surface area contributed by atoms with Gasteiger partial charge in [0.25, 0.3) is 5.91 Å². The second-order valence-corrected chi connectivity index (χ2v) is 9.40. The van der Waals surface area contributed by atoms with Crippen molar-refractivity contribution in [2.45, 2.75) is 23.6 Å². The van der Waals surface area contributed by atoms with Gasteiger partial charge in [-0.15, -0.1) is 6.42 Å². The number of alkyl halides is 1. The molecule has 1 amide bonds. The third-order valence-corrected chi connectivity index (χ3v) is 6.44. The van der Waals surface area contributed by atoms with Crippen LogP contribution in [0.5, 0.6) is 5.88 Å². The molecule has 1 aromatic carbocycles. The summed E-state index contributed by atoms with van der Waals surface area (Å²) in [7, 11) is 0. The topological polar surface area (TPSA) is 129 Å². The first-order chi connectivity index (χ1) is 16.8. The van der Waals surface area contributed by atoms with E-state index in [0.29, 0.717) is 5.76 Å². The number of carbonyl (C=O) groups is 1. The largest absolute Gasteiger partial charge is 0.463 e. The summed E-state index contributed by atoms with van der Waals surface area (Å²) in [6.07, 6.45) is 10.4. The fourth-order valence-corrected chi connectivity index (χ4v) is 4.99. The molecule has 2 atom stereocenters. The minimum atomic E-state index is -1.64. The number of anilines is 1. The van der Waals surface area contributed by atoms with Gasteiger partial charge in [0.15, 0.2) is 18.2 Å². The number of aromatic nitrogens is 3. The lowest BCUT2D eigenvalue weighted by Gasteiger charge is -2.40. The van der Waals surface area contributed by atoms with Crippen LogP contribution in [0.2, 0.25) is 0 Å². The van der Waals surface area contributed by atoms with Gasteiger partial charge in [-0.2, -0.15) is 0 Å². The zero-order valence-electron chi connectivity index (χ0n) is 18.5. The van der Waals surface area contributed by atoms with E-state index in [1.807, 2.05) is 0 Å². The number of halogens is 2. The highest BCUT2D eigenvalue weighted by Gasteiger charge is 2.49. The summed E-state index contributed by atoms with van der Waals surface area (Å²) in [4.78, 5) is 28.8. The number of hydrogen-bond acceptors (Lipinski definition) is 9. The van der Waals surface area contributed by atoms with E-state index >= 15 is 4.39 Å². The second-order valence-electron chi connectivity index (χ2n) is 7.87. The van der Waals surface area contributed by atoms with Gasteiger partial charge in [-0.3, -0.25) is 4.79 Å². The van der Waals surface area contributed by atoms with Crippen molar-refractivity contribution in [3.8, 4) is 18.2 Å². The number of oxazole rings is 1. The Morgan fingerprint density at radius 3 is 2.86 bits per heavy atom. The molecule has 1 aliphatic rings.